The Morgan fingerprint density at radius 3 is 2.43 bits per heavy atom. The van der Waals surface area contributed by atoms with Crippen LogP contribution in [0.3, 0.4) is 0 Å². The van der Waals surface area contributed by atoms with E-state index < -0.39 is 5.41 Å². The van der Waals surface area contributed by atoms with Gasteiger partial charge in [-0.25, -0.2) is 0 Å². The number of likely N-dealkylation sites (tertiary alicyclic amines) is 1. The fourth-order valence-electron chi connectivity index (χ4n) is 3.37. The maximum Gasteiger partial charge on any atom is 0.316 e. The van der Waals surface area contributed by atoms with Crippen molar-refractivity contribution in [3.05, 3.63) is 48.0 Å². The number of hydrogen-bond donors (Lipinski definition) is 0. The molecule has 1 aliphatic heterocycles. The lowest BCUT2D eigenvalue weighted by Gasteiger charge is -2.39. The number of esters is 1. The molecule has 0 aliphatic carbocycles. The standard InChI is InChI=1S/C19H23NO2.ClH/c1-3-22-18(21)19(10-12-20(2)13-11-19)17-9-8-15-6-4-5-7-16(15)14-17;/h4-9,14H,3,10-13H2,1-2H3;1H/p-1. The van der Waals surface area contributed by atoms with Gasteiger partial charge in [0, 0.05) is 0 Å². The van der Waals surface area contributed by atoms with Crippen LogP contribution in [0.5, 0.6) is 0 Å². The van der Waals surface area contributed by atoms with E-state index in [0.717, 1.165) is 31.5 Å². The molecule has 0 spiro atoms. The van der Waals surface area contributed by atoms with Gasteiger partial charge in [0.1, 0.15) is 0 Å². The summed E-state index contributed by atoms with van der Waals surface area (Å²) in [6.45, 7) is 4.15. The third-order valence-electron chi connectivity index (χ3n) is 4.81. The van der Waals surface area contributed by atoms with Gasteiger partial charge in [0.15, 0.2) is 0 Å². The number of carbonyl (C=O) groups is 1. The molecular formula is C19H23ClNO2-. The van der Waals surface area contributed by atoms with Gasteiger partial charge in [-0.3, -0.25) is 4.79 Å². The quantitative estimate of drug-likeness (QED) is 0.761. The van der Waals surface area contributed by atoms with E-state index in [4.69, 9.17) is 4.74 Å². The van der Waals surface area contributed by atoms with Crippen LogP contribution >= 0.6 is 0 Å². The molecule has 0 amide bonds. The minimum Gasteiger partial charge on any atom is -1.00 e. The maximum atomic E-state index is 12.7. The summed E-state index contributed by atoms with van der Waals surface area (Å²) in [7, 11) is 2.11. The van der Waals surface area contributed by atoms with Crippen molar-refractivity contribution in [1.82, 2.24) is 4.90 Å². The van der Waals surface area contributed by atoms with E-state index in [0.29, 0.717) is 6.61 Å². The Labute approximate surface area is 144 Å². The Morgan fingerprint density at radius 1 is 1.13 bits per heavy atom. The van der Waals surface area contributed by atoms with Crippen molar-refractivity contribution in [2.45, 2.75) is 25.2 Å². The number of nitrogens with zero attached hydrogens (tertiary/aromatic N) is 1. The van der Waals surface area contributed by atoms with Crippen LogP contribution < -0.4 is 12.4 Å². The lowest BCUT2D eigenvalue weighted by atomic mass is 9.72. The Bertz CT molecular complexity index is 678. The highest BCUT2D eigenvalue weighted by atomic mass is 35.5. The van der Waals surface area contributed by atoms with E-state index in [2.05, 4.69) is 42.3 Å². The minimum absolute atomic E-state index is 0. The molecule has 1 saturated heterocycles. The SMILES string of the molecule is CCOC(=O)C1(c2ccc3ccccc3c2)CCN(C)CC1.[Cl-]. The minimum atomic E-state index is -0.494. The normalized spacial score (nSPS) is 17.5. The van der Waals surface area contributed by atoms with Gasteiger partial charge in [0.2, 0.25) is 0 Å². The molecule has 0 N–H and O–H groups in total. The molecule has 1 aliphatic rings. The van der Waals surface area contributed by atoms with E-state index in [1.54, 1.807) is 0 Å². The van der Waals surface area contributed by atoms with Gasteiger partial charge < -0.3 is 22.0 Å². The van der Waals surface area contributed by atoms with Crippen LogP contribution in [-0.4, -0.2) is 37.6 Å². The second kappa shape index (κ2) is 7.33. The van der Waals surface area contributed by atoms with Gasteiger partial charge in [-0.2, -0.15) is 0 Å². The highest BCUT2D eigenvalue weighted by Gasteiger charge is 2.43. The molecule has 0 saturated carbocycles. The zero-order valence-corrected chi connectivity index (χ0v) is 14.5. The number of rotatable bonds is 3. The highest BCUT2D eigenvalue weighted by molar-refractivity contribution is 5.88. The second-order valence-corrected chi connectivity index (χ2v) is 6.17. The molecule has 3 rings (SSSR count). The van der Waals surface area contributed by atoms with E-state index in [1.165, 1.54) is 10.8 Å². The number of fused-ring (bicyclic) bond motifs is 1. The van der Waals surface area contributed by atoms with Crippen molar-refractivity contribution in [2.75, 3.05) is 26.7 Å². The third kappa shape index (κ3) is 3.36. The van der Waals surface area contributed by atoms with Crippen LogP contribution in [0.2, 0.25) is 0 Å². The molecular weight excluding hydrogens is 310 g/mol. The molecule has 0 aromatic heterocycles. The van der Waals surface area contributed by atoms with Crippen molar-refractivity contribution in [1.29, 1.82) is 0 Å². The Morgan fingerprint density at radius 2 is 1.78 bits per heavy atom. The Balaban J connectivity index is 0.00000192. The molecule has 3 nitrogen and oxygen atoms in total. The van der Waals surface area contributed by atoms with Gasteiger partial charge in [-0.1, -0.05) is 42.5 Å². The van der Waals surface area contributed by atoms with Crippen molar-refractivity contribution in [2.24, 2.45) is 0 Å². The first-order valence-electron chi connectivity index (χ1n) is 8.01. The monoisotopic (exact) mass is 332 g/mol. The predicted octanol–water partition coefficient (Wildman–Crippen LogP) is 0.370. The number of carbonyl (C=O) groups excluding carboxylic acids is 1. The first-order valence-corrected chi connectivity index (χ1v) is 8.01. The highest BCUT2D eigenvalue weighted by Crippen LogP contribution is 2.37. The number of piperidine rings is 1. The summed E-state index contributed by atoms with van der Waals surface area (Å²) in [6, 6.07) is 14.7. The zero-order valence-electron chi connectivity index (χ0n) is 13.7. The molecule has 1 fully saturated rings. The Hall–Kier alpha value is -1.58. The van der Waals surface area contributed by atoms with Crippen LogP contribution in [0.1, 0.15) is 25.3 Å². The number of hydrogen-bond acceptors (Lipinski definition) is 3. The Kier molecular flexibility index (Phi) is 5.66. The largest absolute Gasteiger partial charge is 1.00 e. The van der Waals surface area contributed by atoms with Crippen LogP contribution in [0.4, 0.5) is 0 Å². The maximum absolute atomic E-state index is 12.7. The summed E-state index contributed by atoms with van der Waals surface area (Å²) >= 11 is 0. The molecule has 0 radical (unpaired) electrons. The fraction of sp³-hybridized carbons (Fsp3) is 0.421. The summed E-state index contributed by atoms with van der Waals surface area (Å²) in [5.41, 5.74) is 0.602. The molecule has 2 aromatic rings. The van der Waals surface area contributed by atoms with Gasteiger partial charge >= 0.3 is 5.97 Å². The van der Waals surface area contributed by atoms with Crippen molar-refractivity contribution in [3.8, 4) is 0 Å². The van der Waals surface area contributed by atoms with Crippen LogP contribution in [0, 0.1) is 0 Å². The lowest BCUT2D eigenvalue weighted by Crippen LogP contribution is -3.00. The molecule has 23 heavy (non-hydrogen) atoms. The van der Waals surface area contributed by atoms with Crippen LogP contribution in [0.15, 0.2) is 42.5 Å². The van der Waals surface area contributed by atoms with Crippen molar-refractivity contribution in [3.63, 3.8) is 0 Å². The predicted molar refractivity (Wildman–Crippen MR) is 89.0 cm³/mol. The van der Waals surface area contributed by atoms with Gasteiger partial charge in [0.05, 0.1) is 12.0 Å². The van der Waals surface area contributed by atoms with E-state index >= 15 is 0 Å². The van der Waals surface area contributed by atoms with E-state index in [9.17, 15) is 4.79 Å². The van der Waals surface area contributed by atoms with Gasteiger partial charge in [-0.05, 0) is 56.2 Å². The van der Waals surface area contributed by atoms with Crippen LogP contribution in [0.25, 0.3) is 10.8 Å². The molecule has 1 heterocycles. The number of ether oxygens (including phenoxy) is 1. The van der Waals surface area contributed by atoms with Crippen molar-refractivity contribution >= 4 is 16.7 Å². The average molecular weight is 333 g/mol. The van der Waals surface area contributed by atoms with E-state index in [1.807, 2.05) is 19.1 Å². The summed E-state index contributed by atoms with van der Waals surface area (Å²) < 4.78 is 5.43. The number of halogens is 1. The molecule has 0 bridgehead atoms. The van der Waals surface area contributed by atoms with Crippen molar-refractivity contribution < 1.29 is 21.9 Å². The van der Waals surface area contributed by atoms with E-state index in [-0.39, 0.29) is 18.4 Å². The third-order valence-corrected chi connectivity index (χ3v) is 4.81. The average Bonchev–Trinajstić information content (AvgIpc) is 2.55. The molecule has 124 valence electrons. The number of benzene rings is 2. The summed E-state index contributed by atoms with van der Waals surface area (Å²) in [5.74, 6) is -0.0709. The zero-order chi connectivity index (χ0) is 15.6. The smallest absolute Gasteiger partial charge is 0.316 e. The summed E-state index contributed by atoms with van der Waals surface area (Å²) in [5, 5.41) is 2.39. The van der Waals surface area contributed by atoms with Gasteiger partial charge in [-0.15, -0.1) is 0 Å². The lowest BCUT2D eigenvalue weighted by molar-refractivity contribution is -0.152. The first-order chi connectivity index (χ1) is 10.7. The second-order valence-electron chi connectivity index (χ2n) is 6.17. The molecule has 4 heteroatoms. The topological polar surface area (TPSA) is 29.5 Å². The molecule has 2 aromatic carbocycles. The first kappa shape index (κ1) is 17.8. The fourth-order valence-corrected chi connectivity index (χ4v) is 3.37. The summed E-state index contributed by atoms with van der Waals surface area (Å²) in [4.78, 5) is 15.0. The molecule has 0 unspecified atom stereocenters. The van der Waals surface area contributed by atoms with Gasteiger partial charge in [0.25, 0.3) is 0 Å². The summed E-state index contributed by atoms with van der Waals surface area (Å²) in [6.07, 6.45) is 1.64. The molecule has 0 atom stereocenters. The van der Waals surface area contributed by atoms with Crippen LogP contribution in [-0.2, 0) is 14.9 Å².